The lowest BCUT2D eigenvalue weighted by Gasteiger charge is -2.53. The maximum absolute atomic E-state index is 14.7. The number of aliphatic hydroxyl groups is 1. The normalized spacial score (nSPS) is 52.7. The fraction of sp³-hybridized carbons (Fsp3) is 0.833. The Morgan fingerprint density at radius 3 is 2.86 bits per heavy atom. The minimum absolute atomic E-state index is 0.170. The van der Waals surface area contributed by atoms with Crippen molar-refractivity contribution < 1.29 is 14.3 Å². The number of Topliss-reactive ketones (excluding diaryl/α,β-unsaturated/α-hetero) is 1. The molecule has 1 unspecified atom stereocenters. The lowest BCUT2D eigenvalue weighted by Crippen LogP contribution is -2.49. The van der Waals surface area contributed by atoms with Crippen LogP contribution in [0.1, 0.15) is 51.9 Å². The summed E-state index contributed by atoms with van der Waals surface area (Å²) in [4.78, 5) is 12.3. The SMILES string of the molecule is C[C@]12CC[C@H]3[C@@H](C[C@@H](F)C4=CC(O)CC[C@@H]43)[C@@H]1CCC2=O. The Labute approximate surface area is 125 Å². The van der Waals surface area contributed by atoms with Crippen LogP contribution in [0.5, 0.6) is 0 Å². The molecule has 0 saturated heterocycles. The molecule has 0 bridgehead atoms. The van der Waals surface area contributed by atoms with Crippen molar-refractivity contribution in [1.82, 2.24) is 0 Å². The number of hydrogen-bond donors (Lipinski definition) is 1. The number of hydrogen-bond acceptors (Lipinski definition) is 2. The topological polar surface area (TPSA) is 37.3 Å². The van der Waals surface area contributed by atoms with Crippen molar-refractivity contribution in [2.75, 3.05) is 0 Å². The van der Waals surface area contributed by atoms with Crippen LogP contribution < -0.4 is 0 Å². The molecule has 0 aromatic rings. The Balaban J connectivity index is 1.67. The quantitative estimate of drug-likeness (QED) is 0.694. The third kappa shape index (κ3) is 1.89. The van der Waals surface area contributed by atoms with Crippen LogP contribution in [0.2, 0.25) is 0 Å². The fourth-order valence-electron chi connectivity index (χ4n) is 6.05. The van der Waals surface area contributed by atoms with E-state index in [1.165, 1.54) is 0 Å². The third-order valence-electron chi connectivity index (χ3n) is 7.15. The highest BCUT2D eigenvalue weighted by molar-refractivity contribution is 5.87. The van der Waals surface area contributed by atoms with Gasteiger partial charge in [0.25, 0.3) is 0 Å². The van der Waals surface area contributed by atoms with Crippen LogP contribution in [0.25, 0.3) is 0 Å². The van der Waals surface area contributed by atoms with Gasteiger partial charge in [-0.2, -0.15) is 0 Å². The molecule has 0 amide bonds. The highest BCUT2D eigenvalue weighted by Crippen LogP contribution is 2.60. The average molecular weight is 292 g/mol. The highest BCUT2D eigenvalue weighted by atomic mass is 19.1. The van der Waals surface area contributed by atoms with Crippen molar-refractivity contribution in [3.05, 3.63) is 11.6 Å². The van der Waals surface area contributed by atoms with Gasteiger partial charge in [0, 0.05) is 11.8 Å². The summed E-state index contributed by atoms with van der Waals surface area (Å²) in [6.45, 7) is 2.13. The minimum atomic E-state index is -0.899. The van der Waals surface area contributed by atoms with E-state index < -0.39 is 12.3 Å². The molecule has 3 heteroatoms. The van der Waals surface area contributed by atoms with E-state index in [0.717, 1.165) is 37.7 Å². The monoisotopic (exact) mass is 292 g/mol. The zero-order valence-corrected chi connectivity index (χ0v) is 12.7. The van der Waals surface area contributed by atoms with Gasteiger partial charge in [-0.3, -0.25) is 4.79 Å². The van der Waals surface area contributed by atoms with Gasteiger partial charge in [0.05, 0.1) is 6.10 Å². The largest absolute Gasteiger partial charge is 0.389 e. The van der Waals surface area contributed by atoms with Gasteiger partial charge < -0.3 is 5.11 Å². The van der Waals surface area contributed by atoms with Crippen LogP contribution >= 0.6 is 0 Å². The summed E-state index contributed by atoms with van der Waals surface area (Å²) in [5, 5.41) is 9.80. The van der Waals surface area contributed by atoms with Crippen molar-refractivity contribution >= 4 is 5.78 Å². The Kier molecular flexibility index (Phi) is 3.08. The maximum Gasteiger partial charge on any atom is 0.139 e. The smallest absolute Gasteiger partial charge is 0.139 e. The molecule has 0 spiro atoms. The fourth-order valence-corrected chi connectivity index (χ4v) is 6.05. The van der Waals surface area contributed by atoms with Crippen molar-refractivity contribution in [3.63, 3.8) is 0 Å². The molecule has 0 aliphatic heterocycles. The predicted molar refractivity (Wildman–Crippen MR) is 78.4 cm³/mol. The number of ketones is 1. The number of rotatable bonds is 0. The van der Waals surface area contributed by atoms with Gasteiger partial charge in [-0.15, -0.1) is 0 Å². The first-order valence-electron chi connectivity index (χ1n) is 8.58. The molecule has 0 aromatic carbocycles. The van der Waals surface area contributed by atoms with E-state index >= 15 is 0 Å². The molecule has 2 nitrogen and oxygen atoms in total. The van der Waals surface area contributed by atoms with Crippen molar-refractivity contribution in [1.29, 1.82) is 0 Å². The summed E-state index contributed by atoms with van der Waals surface area (Å²) in [6.07, 6.45) is 6.43. The van der Waals surface area contributed by atoms with Crippen molar-refractivity contribution in [3.8, 4) is 0 Å². The Morgan fingerprint density at radius 1 is 1.24 bits per heavy atom. The molecule has 21 heavy (non-hydrogen) atoms. The number of carbonyl (C=O) groups is 1. The summed E-state index contributed by atoms with van der Waals surface area (Å²) in [6, 6.07) is 0. The lowest BCUT2D eigenvalue weighted by atomic mass is 9.52. The summed E-state index contributed by atoms with van der Waals surface area (Å²) in [5.41, 5.74) is 0.707. The standard InChI is InChI=1S/C18H25FO2/c1-18-7-6-12-11-3-2-10(20)8-14(11)16(19)9-13(12)15(18)4-5-17(18)21/h8,10-13,15-16,20H,2-7,9H2,1H3/t10?,11-,12-,13-,15+,16-,18+/m1/s1. The van der Waals surface area contributed by atoms with Crippen molar-refractivity contribution in [2.45, 2.75) is 64.1 Å². The molecule has 3 fully saturated rings. The van der Waals surface area contributed by atoms with Crippen LogP contribution in [-0.4, -0.2) is 23.2 Å². The second-order valence-corrected chi connectivity index (χ2v) is 7.97. The molecule has 116 valence electrons. The second-order valence-electron chi connectivity index (χ2n) is 7.97. The summed E-state index contributed by atoms with van der Waals surface area (Å²) < 4.78 is 14.7. The zero-order valence-electron chi connectivity index (χ0n) is 12.7. The first-order valence-corrected chi connectivity index (χ1v) is 8.58. The third-order valence-corrected chi connectivity index (χ3v) is 7.15. The molecule has 7 atom stereocenters. The number of fused-ring (bicyclic) bond motifs is 5. The maximum atomic E-state index is 14.7. The molecule has 4 aliphatic carbocycles. The van der Waals surface area contributed by atoms with Gasteiger partial charge in [-0.05, 0) is 67.8 Å². The van der Waals surface area contributed by atoms with Gasteiger partial charge >= 0.3 is 0 Å². The van der Waals surface area contributed by atoms with Gasteiger partial charge in [-0.1, -0.05) is 13.0 Å². The van der Waals surface area contributed by atoms with Gasteiger partial charge in [0.2, 0.25) is 0 Å². The molecular formula is C18H25FO2. The van der Waals surface area contributed by atoms with E-state index in [1.54, 1.807) is 6.08 Å². The molecule has 0 heterocycles. The molecule has 4 aliphatic rings. The van der Waals surface area contributed by atoms with E-state index in [1.807, 2.05) is 0 Å². The first-order chi connectivity index (χ1) is 10.0. The van der Waals surface area contributed by atoms with Crippen LogP contribution in [-0.2, 0) is 4.79 Å². The van der Waals surface area contributed by atoms with E-state index in [0.29, 0.717) is 42.3 Å². The van der Waals surface area contributed by atoms with E-state index in [-0.39, 0.29) is 5.41 Å². The van der Waals surface area contributed by atoms with Gasteiger partial charge in [0.15, 0.2) is 0 Å². The van der Waals surface area contributed by atoms with Crippen LogP contribution in [0.3, 0.4) is 0 Å². The Morgan fingerprint density at radius 2 is 2.05 bits per heavy atom. The number of carbonyl (C=O) groups excluding carboxylic acids is 1. The molecule has 0 radical (unpaired) electrons. The predicted octanol–water partition coefficient (Wildman–Crippen LogP) is 3.44. The second kappa shape index (κ2) is 4.65. The number of aliphatic hydroxyl groups excluding tert-OH is 1. The van der Waals surface area contributed by atoms with E-state index in [2.05, 4.69) is 6.92 Å². The molecule has 1 N–H and O–H groups in total. The molecule has 3 saturated carbocycles. The van der Waals surface area contributed by atoms with Crippen LogP contribution in [0.15, 0.2) is 11.6 Å². The van der Waals surface area contributed by atoms with Gasteiger partial charge in [-0.25, -0.2) is 4.39 Å². The average Bonchev–Trinajstić information content (AvgIpc) is 2.76. The number of allylic oxidation sites excluding steroid dienone is 1. The summed E-state index contributed by atoms with van der Waals surface area (Å²) >= 11 is 0. The minimum Gasteiger partial charge on any atom is -0.389 e. The summed E-state index contributed by atoms with van der Waals surface area (Å²) in [5.74, 6) is 2.06. The molecular weight excluding hydrogens is 267 g/mol. The van der Waals surface area contributed by atoms with Gasteiger partial charge in [0.1, 0.15) is 12.0 Å². The van der Waals surface area contributed by atoms with Crippen LogP contribution in [0.4, 0.5) is 4.39 Å². The van der Waals surface area contributed by atoms with E-state index in [4.69, 9.17) is 0 Å². The Bertz CT molecular complexity index is 499. The zero-order chi connectivity index (χ0) is 14.8. The van der Waals surface area contributed by atoms with Crippen LogP contribution in [0, 0.1) is 29.1 Å². The summed E-state index contributed by atoms with van der Waals surface area (Å²) in [7, 11) is 0. The van der Waals surface area contributed by atoms with Crippen molar-refractivity contribution in [2.24, 2.45) is 29.1 Å². The Hall–Kier alpha value is -0.700. The number of halogens is 1. The molecule has 0 aromatic heterocycles. The molecule has 4 rings (SSSR count). The number of alkyl halides is 1. The lowest BCUT2D eigenvalue weighted by molar-refractivity contribution is -0.131. The highest BCUT2D eigenvalue weighted by Gasteiger charge is 2.57. The van der Waals surface area contributed by atoms with E-state index in [9.17, 15) is 14.3 Å². The first kappa shape index (κ1) is 13.9.